The average molecular weight is 244 g/mol. The van der Waals surface area contributed by atoms with E-state index in [0.717, 1.165) is 0 Å². The summed E-state index contributed by atoms with van der Waals surface area (Å²) in [6.07, 6.45) is 0.313. The van der Waals surface area contributed by atoms with Crippen LogP contribution in [0.3, 0.4) is 0 Å². The number of halogens is 1. The predicted octanol–water partition coefficient (Wildman–Crippen LogP) is 0.00960. The Balaban J connectivity index is 2.11. The first-order valence-corrected chi connectivity index (χ1v) is 5.71. The van der Waals surface area contributed by atoms with Crippen LogP contribution in [-0.2, 0) is 9.59 Å². The first-order chi connectivity index (χ1) is 7.76. The Morgan fingerprint density at radius 1 is 1.71 bits per heavy atom. The van der Waals surface area contributed by atoms with Gasteiger partial charge in [0.05, 0.1) is 12.0 Å². The van der Waals surface area contributed by atoms with Gasteiger partial charge in [0.2, 0.25) is 5.91 Å². The van der Waals surface area contributed by atoms with E-state index in [1.165, 1.54) is 18.7 Å². The molecule has 0 bridgehead atoms. The smallest absolute Gasteiger partial charge is 0.310 e. The average Bonchev–Trinajstić information content (AvgIpc) is 2.65. The first kappa shape index (κ1) is 12.3. The van der Waals surface area contributed by atoms with Crippen molar-refractivity contribution < 1.29 is 19.1 Å². The number of carbonyl (C=O) groups is 2. The molecule has 0 radical (unpaired) electrons. The summed E-state index contributed by atoms with van der Waals surface area (Å²) in [7, 11) is 0. The van der Waals surface area contributed by atoms with Crippen LogP contribution in [0, 0.1) is 5.41 Å². The number of aliphatic carboxylic acids is 1. The summed E-state index contributed by atoms with van der Waals surface area (Å²) in [4.78, 5) is 24.2. The highest BCUT2D eigenvalue weighted by Crippen LogP contribution is 2.35. The number of carboxylic acid groups (broad SMARTS) is 1. The normalized spacial score (nSPS) is 33.0. The minimum Gasteiger partial charge on any atom is -0.481 e. The number of hydrogen-bond donors (Lipinski definition) is 2. The van der Waals surface area contributed by atoms with Crippen molar-refractivity contribution in [2.45, 2.75) is 32.0 Å². The van der Waals surface area contributed by atoms with Gasteiger partial charge in [-0.1, -0.05) is 0 Å². The van der Waals surface area contributed by atoms with Crippen molar-refractivity contribution in [3.8, 4) is 0 Å². The van der Waals surface area contributed by atoms with Gasteiger partial charge in [0, 0.05) is 6.54 Å². The number of rotatable bonds is 3. The number of alkyl halides is 1. The van der Waals surface area contributed by atoms with E-state index < -0.39 is 23.1 Å². The van der Waals surface area contributed by atoms with Crippen LogP contribution >= 0.6 is 0 Å². The van der Waals surface area contributed by atoms with Crippen LogP contribution in [0.25, 0.3) is 0 Å². The molecule has 5 nitrogen and oxygen atoms in total. The fraction of sp³-hybridized carbons (Fsp3) is 0.818. The van der Waals surface area contributed by atoms with Crippen molar-refractivity contribution in [1.82, 2.24) is 10.2 Å². The van der Waals surface area contributed by atoms with Crippen molar-refractivity contribution in [2.75, 3.05) is 19.6 Å². The minimum atomic E-state index is -1.52. The first-order valence-electron chi connectivity index (χ1n) is 5.71. The number of nitrogens with one attached hydrogen (secondary N) is 1. The Morgan fingerprint density at radius 3 is 2.88 bits per heavy atom. The van der Waals surface area contributed by atoms with Gasteiger partial charge in [-0.15, -0.1) is 0 Å². The molecule has 2 saturated heterocycles. The third kappa shape index (κ3) is 1.90. The zero-order valence-electron chi connectivity index (χ0n) is 9.99. The number of likely N-dealkylation sites (tertiary alicyclic amines) is 1. The molecule has 0 saturated carbocycles. The Labute approximate surface area is 99.0 Å². The molecule has 2 unspecified atom stereocenters. The molecule has 2 heterocycles. The molecule has 2 aliphatic heterocycles. The molecular formula is C11H17FN2O3. The summed E-state index contributed by atoms with van der Waals surface area (Å²) in [5.41, 5.74) is -2.57. The van der Waals surface area contributed by atoms with Gasteiger partial charge in [-0.2, -0.15) is 0 Å². The van der Waals surface area contributed by atoms with Gasteiger partial charge in [-0.05, 0) is 26.8 Å². The molecule has 6 heteroatoms. The van der Waals surface area contributed by atoms with E-state index >= 15 is 0 Å². The molecule has 0 aromatic heterocycles. The van der Waals surface area contributed by atoms with Crippen LogP contribution < -0.4 is 5.32 Å². The fourth-order valence-electron chi connectivity index (χ4n) is 2.49. The molecule has 2 rings (SSSR count). The van der Waals surface area contributed by atoms with Crippen LogP contribution in [0.15, 0.2) is 0 Å². The van der Waals surface area contributed by atoms with Gasteiger partial charge in [0.15, 0.2) is 5.67 Å². The Kier molecular flexibility index (Phi) is 2.65. The minimum absolute atomic E-state index is 0.000208. The standard InChI is InChI=1S/C11H17FN2O3/c1-10(2,9(16)17)5-14-6-11(12)3-4-13-7(11)8(14)15/h7,13H,3-6H2,1-2H3,(H,16,17). The van der Waals surface area contributed by atoms with Crippen molar-refractivity contribution in [2.24, 2.45) is 5.41 Å². The maximum Gasteiger partial charge on any atom is 0.310 e. The summed E-state index contributed by atoms with van der Waals surface area (Å²) in [5, 5.41) is 11.8. The van der Waals surface area contributed by atoms with Gasteiger partial charge < -0.3 is 15.3 Å². The highest BCUT2D eigenvalue weighted by Gasteiger charge is 2.56. The third-order valence-corrected chi connectivity index (χ3v) is 3.58. The largest absolute Gasteiger partial charge is 0.481 e. The molecule has 0 aromatic carbocycles. The van der Waals surface area contributed by atoms with Crippen LogP contribution in [0.1, 0.15) is 20.3 Å². The second-order valence-corrected chi connectivity index (χ2v) is 5.56. The molecule has 17 heavy (non-hydrogen) atoms. The Morgan fingerprint density at radius 2 is 2.35 bits per heavy atom. The van der Waals surface area contributed by atoms with Crippen molar-refractivity contribution >= 4 is 11.9 Å². The molecule has 0 aromatic rings. The van der Waals surface area contributed by atoms with Crippen LogP contribution in [0.5, 0.6) is 0 Å². The Bertz CT molecular complexity index is 372. The van der Waals surface area contributed by atoms with Gasteiger partial charge in [0.25, 0.3) is 0 Å². The van der Waals surface area contributed by atoms with Crippen molar-refractivity contribution in [1.29, 1.82) is 0 Å². The lowest BCUT2D eigenvalue weighted by Gasteiger charge is -2.27. The number of carbonyl (C=O) groups excluding carboxylic acids is 1. The maximum absolute atomic E-state index is 14.3. The van der Waals surface area contributed by atoms with Crippen LogP contribution in [0.4, 0.5) is 4.39 Å². The highest BCUT2D eigenvalue weighted by molar-refractivity contribution is 5.87. The van der Waals surface area contributed by atoms with Gasteiger partial charge >= 0.3 is 5.97 Å². The summed E-state index contributed by atoms with van der Waals surface area (Å²) >= 11 is 0. The zero-order valence-corrected chi connectivity index (χ0v) is 9.99. The van der Waals surface area contributed by atoms with E-state index in [1.807, 2.05) is 0 Å². The number of fused-ring (bicyclic) bond motifs is 1. The van der Waals surface area contributed by atoms with E-state index in [4.69, 9.17) is 5.11 Å². The van der Waals surface area contributed by atoms with Crippen molar-refractivity contribution in [3.05, 3.63) is 0 Å². The number of amides is 1. The summed E-state index contributed by atoms with van der Waals surface area (Å²) < 4.78 is 14.3. The molecule has 2 N–H and O–H groups in total. The third-order valence-electron chi connectivity index (χ3n) is 3.58. The van der Waals surface area contributed by atoms with Gasteiger partial charge in [0.1, 0.15) is 6.04 Å². The lowest BCUT2D eigenvalue weighted by Crippen LogP contribution is -2.43. The molecule has 0 spiro atoms. The highest BCUT2D eigenvalue weighted by atomic mass is 19.1. The number of hydrogen-bond acceptors (Lipinski definition) is 3. The molecule has 96 valence electrons. The zero-order chi connectivity index (χ0) is 12.8. The van der Waals surface area contributed by atoms with Crippen LogP contribution in [0.2, 0.25) is 0 Å². The van der Waals surface area contributed by atoms with E-state index in [0.29, 0.717) is 13.0 Å². The quantitative estimate of drug-likeness (QED) is 0.733. The SMILES string of the molecule is CC(C)(CN1CC2(F)CCNC2C1=O)C(=O)O. The second-order valence-electron chi connectivity index (χ2n) is 5.56. The molecule has 1 amide bonds. The van der Waals surface area contributed by atoms with E-state index in [1.54, 1.807) is 0 Å². The number of carboxylic acids is 1. The monoisotopic (exact) mass is 244 g/mol. The van der Waals surface area contributed by atoms with Gasteiger partial charge in [-0.3, -0.25) is 9.59 Å². The molecule has 2 atom stereocenters. The van der Waals surface area contributed by atoms with Gasteiger partial charge in [-0.25, -0.2) is 4.39 Å². The topological polar surface area (TPSA) is 69.6 Å². The number of nitrogens with zero attached hydrogens (tertiary/aromatic N) is 1. The molecule has 2 fully saturated rings. The summed E-state index contributed by atoms with van der Waals surface area (Å²) in [6, 6.07) is -0.785. The predicted molar refractivity (Wildman–Crippen MR) is 58.2 cm³/mol. The molecular weight excluding hydrogens is 227 g/mol. The van der Waals surface area contributed by atoms with Crippen molar-refractivity contribution in [3.63, 3.8) is 0 Å². The van der Waals surface area contributed by atoms with E-state index in [-0.39, 0.29) is 19.0 Å². The van der Waals surface area contributed by atoms with E-state index in [9.17, 15) is 14.0 Å². The second kappa shape index (κ2) is 3.66. The maximum atomic E-state index is 14.3. The lowest BCUT2D eigenvalue weighted by atomic mass is 9.93. The van der Waals surface area contributed by atoms with Crippen LogP contribution in [-0.4, -0.2) is 53.2 Å². The molecule has 2 aliphatic rings. The lowest BCUT2D eigenvalue weighted by molar-refractivity contribution is -0.149. The fourth-order valence-corrected chi connectivity index (χ4v) is 2.49. The molecule has 0 aliphatic carbocycles. The van der Waals surface area contributed by atoms with E-state index in [2.05, 4.69) is 5.32 Å². The summed E-state index contributed by atoms with van der Waals surface area (Å²) in [5.74, 6) is -1.30. The summed E-state index contributed by atoms with van der Waals surface area (Å²) in [6.45, 7) is 3.62. The Hall–Kier alpha value is -1.17.